The summed E-state index contributed by atoms with van der Waals surface area (Å²) in [5, 5.41) is 14.0. The van der Waals surface area contributed by atoms with Crippen LogP contribution in [0.5, 0.6) is 0 Å². The second-order valence-electron chi connectivity index (χ2n) is 4.56. The van der Waals surface area contributed by atoms with Crippen molar-refractivity contribution in [1.29, 1.82) is 0 Å². The van der Waals surface area contributed by atoms with Crippen molar-refractivity contribution in [3.05, 3.63) is 0 Å². The first kappa shape index (κ1) is 10.9. The van der Waals surface area contributed by atoms with E-state index in [1.54, 1.807) is 5.01 Å². The average Bonchev–Trinajstić information content (AvgIpc) is 2.53. The molecule has 5 nitrogen and oxygen atoms in total. The molecule has 0 aromatic carbocycles. The molecule has 0 aliphatic carbocycles. The zero-order valence-electron chi connectivity index (χ0n) is 9.23. The normalized spacial score (nSPS) is 40.7. The molecule has 4 unspecified atom stereocenters. The van der Waals surface area contributed by atoms with E-state index < -0.39 is 0 Å². The minimum absolute atomic E-state index is 0.0660. The van der Waals surface area contributed by atoms with Gasteiger partial charge in [0.05, 0.1) is 12.1 Å². The Kier molecular flexibility index (Phi) is 2.95. The highest BCUT2D eigenvalue weighted by Gasteiger charge is 2.43. The molecule has 3 N–H and O–H groups in total. The van der Waals surface area contributed by atoms with E-state index >= 15 is 0 Å². The maximum Gasteiger partial charge on any atom is 0.242 e. The molecule has 2 heterocycles. The summed E-state index contributed by atoms with van der Waals surface area (Å²) < 4.78 is 0. The van der Waals surface area contributed by atoms with Gasteiger partial charge in [0.25, 0.3) is 0 Å². The predicted octanol–water partition coefficient (Wildman–Crippen LogP) is -0.572. The number of carbonyl (C=O) groups is 1. The smallest absolute Gasteiger partial charge is 0.242 e. The van der Waals surface area contributed by atoms with Crippen LogP contribution in [0.2, 0.25) is 0 Å². The van der Waals surface area contributed by atoms with E-state index in [2.05, 4.69) is 17.7 Å². The molecule has 2 rings (SSSR count). The van der Waals surface area contributed by atoms with Crippen LogP contribution in [0.25, 0.3) is 0 Å². The Morgan fingerprint density at radius 3 is 2.93 bits per heavy atom. The molecule has 0 saturated carbocycles. The lowest BCUT2D eigenvalue weighted by Crippen LogP contribution is -2.62. The molecular formula is C10H19N3O2. The number of hydrogen-bond donors (Lipinski definition) is 3. The fraction of sp³-hybridized carbons (Fsp3) is 0.900. The van der Waals surface area contributed by atoms with E-state index in [0.29, 0.717) is 12.5 Å². The van der Waals surface area contributed by atoms with Crippen LogP contribution in [0, 0.1) is 5.92 Å². The number of hydrogen-bond acceptors (Lipinski definition) is 4. The van der Waals surface area contributed by atoms with Gasteiger partial charge in [0.1, 0.15) is 0 Å². The average molecular weight is 213 g/mol. The first-order valence-corrected chi connectivity index (χ1v) is 5.59. The van der Waals surface area contributed by atoms with Crippen molar-refractivity contribution in [1.82, 2.24) is 15.8 Å². The van der Waals surface area contributed by atoms with Gasteiger partial charge in [0.15, 0.2) is 0 Å². The Labute approximate surface area is 89.8 Å². The van der Waals surface area contributed by atoms with Crippen molar-refractivity contribution >= 4 is 5.91 Å². The largest absolute Gasteiger partial charge is 0.396 e. The number of nitrogens with one attached hydrogen (secondary N) is 2. The molecule has 4 atom stereocenters. The van der Waals surface area contributed by atoms with Gasteiger partial charge < -0.3 is 5.11 Å². The Morgan fingerprint density at radius 2 is 2.27 bits per heavy atom. The van der Waals surface area contributed by atoms with Crippen LogP contribution in [0.3, 0.4) is 0 Å². The highest BCUT2D eigenvalue weighted by molar-refractivity contribution is 5.80. The second-order valence-corrected chi connectivity index (χ2v) is 4.56. The Bertz CT molecular complexity index is 255. The first-order valence-electron chi connectivity index (χ1n) is 5.59. The van der Waals surface area contributed by atoms with Crippen molar-refractivity contribution in [3.8, 4) is 0 Å². The van der Waals surface area contributed by atoms with Crippen molar-refractivity contribution < 1.29 is 9.90 Å². The van der Waals surface area contributed by atoms with E-state index in [1.807, 2.05) is 6.92 Å². The molecule has 0 aromatic heterocycles. The minimum Gasteiger partial charge on any atom is -0.396 e. The third kappa shape index (κ3) is 1.87. The summed E-state index contributed by atoms with van der Waals surface area (Å²) in [5.74, 6) is 0.00806. The topological polar surface area (TPSA) is 64.6 Å². The van der Waals surface area contributed by atoms with E-state index in [1.165, 1.54) is 0 Å². The van der Waals surface area contributed by atoms with E-state index in [0.717, 1.165) is 6.42 Å². The molecule has 5 heteroatoms. The molecule has 0 aromatic rings. The molecule has 0 bridgehead atoms. The predicted molar refractivity (Wildman–Crippen MR) is 55.6 cm³/mol. The molecule has 2 saturated heterocycles. The van der Waals surface area contributed by atoms with Crippen molar-refractivity contribution in [3.63, 3.8) is 0 Å². The quantitative estimate of drug-likeness (QED) is 0.575. The third-order valence-electron chi connectivity index (χ3n) is 3.30. The monoisotopic (exact) mass is 213 g/mol. The molecular weight excluding hydrogens is 194 g/mol. The van der Waals surface area contributed by atoms with Crippen molar-refractivity contribution in [2.75, 3.05) is 6.61 Å². The maximum atomic E-state index is 12.1. The number of carbonyl (C=O) groups excluding carboxylic acids is 1. The Morgan fingerprint density at radius 1 is 1.53 bits per heavy atom. The number of fused-ring (bicyclic) bond motifs is 1. The zero-order chi connectivity index (χ0) is 11.0. The fourth-order valence-electron chi connectivity index (χ4n) is 2.50. The van der Waals surface area contributed by atoms with Crippen LogP contribution >= 0.6 is 0 Å². The lowest BCUT2D eigenvalue weighted by atomic mass is 9.93. The number of aliphatic hydroxyl groups is 1. The van der Waals surface area contributed by atoms with E-state index in [9.17, 15) is 4.79 Å². The first-order chi connectivity index (χ1) is 7.13. The highest BCUT2D eigenvalue weighted by Crippen LogP contribution is 2.24. The molecule has 0 spiro atoms. The van der Waals surface area contributed by atoms with E-state index in [4.69, 9.17) is 5.11 Å². The minimum atomic E-state index is -0.107. The van der Waals surface area contributed by atoms with Gasteiger partial charge in [-0.05, 0) is 26.7 Å². The third-order valence-corrected chi connectivity index (χ3v) is 3.30. The number of nitrogens with zero attached hydrogens (tertiary/aromatic N) is 1. The van der Waals surface area contributed by atoms with Crippen LogP contribution in [0.1, 0.15) is 26.7 Å². The number of aliphatic hydroxyl groups excluding tert-OH is 1. The van der Waals surface area contributed by atoms with Gasteiger partial charge in [-0.3, -0.25) is 15.1 Å². The molecule has 2 fully saturated rings. The highest BCUT2D eigenvalue weighted by atomic mass is 16.3. The van der Waals surface area contributed by atoms with E-state index in [-0.39, 0.29) is 30.6 Å². The van der Waals surface area contributed by atoms with Gasteiger partial charge in [-0.25, -0.2) is 5.43 Å². The molecule has 0 radical (unpaired) electrons. The van der Waals surface area contributed by atoms with Crippen LogP contribution < -0.4 is 10.7 Å². The van der Waals surface area contributed by atoms with Crippen LogP contribution in [0.4, 0.5) is 0 Å². The van der Waals surface area contributed by atoms with Gasteiger partial charge in [0, 0.05) is 18.7 Å². The zero-order valence-corrected chi connectivity index (χ0v) is 9.23. The van der Waals surface area contributed by atoms with Gasteiger partial charge in [0.2, 0.25) is 5.91 Å². The summed E-state index contributed by atoms with van der Waals surface area (Å²) in [6.07, 6.45) is 1.60. The molecule has 2 aliphatic heterocycles. The lowest BCUT2D eigenvalue weighted by Gasteiger charge is -2.39. The number of amides is 1. The molecule has 1 amide bonds. The molecule has 15 heavy (non-hydrogen) atoms. The fourth-order valence-corrected chi connectivity index (χ4v) is 2.50. The molecule has 2 aliphatic rings. The van der Waals surface area contributed by atoms with Crippen LogP contribution in [-0.2, 0) is 4.79 Å². The number of rotatable bonds is 2. The molecule has 86 valence electrons. The lowest BCUT2D eigenvalue weighted by molar-refractivity contribution is -0.146. The summed E-state index contributed by atoms with van der Waals surface area (Å²) in [6, 6.07) is 0.490. The second kappa shape index (κ2) is 4.08. The van der Waals surface area contributed by atoms with Crippen molar-refractivity contribution in [2.24, 2.45) is 5.92 Å². The van der Waals surface area contributed by atoms with Gasteiger partial charge in [-0.15, -0.1) is 0 Å². The van der Waals surface area contributed by atoms with Gasteiger partial charge >= 0.3 is 0 Å². The number of hydrazine groups is 1. The summed E-state index contributed by atoms with van der Waals surface area (Å²) in [4.78, 5) is 12.1. The Balaban J connectivity index is 2.10. The van der Waals surface area contributed by atoms with Gasteiger partial charge in [-0.1, -0.05) is 0 Å². The summed E-state index contributed by atoms with van der Waals surface area (Å²) in [6.45, 7) is 4.15. The maximum absolute atomic E-state index is 12.1. The summed E-state index contributed by atoms with van der Waals surface area (Å²) in [5.41, 5.74) is 3.15. The summed E-state index contributed by atoms with van der Waals surface area (Å²) in [7, 11) is 0. The van der Waals surface area contributed by atoms with Gasteiger partial charge in [-0.2, -0.15) is 0 Å². The van der Waals surface area contributed by atoms with Crippen LogP contribution in [0.15, 0.2) is 0 Å². The summed E-state index contributed by atoms with van der Waals surface area (Å²) >= 11 is 0. The van der Waals surface area contributed by atoms with Crippen LogP contribution in [-0.4, -0.2) is 40.9 Å². The van der Waals surface area contributed by atoms with Crippen molar-refractivity contribution in [2.45, 2.75) is 44.9 Å². The SMILES string of the molecule is CC1CC2NC(C)C(CCO)C(=O)N2N1. The Hall–Kier alpha value is -0.650. The standard InChI is InChI=1S/C10H19N3O2/c1-6-5-9-11-7(2)8(3-4-14)10(15)13(9)12-6/h6-9,11-12,14H,3-5H2,1-2H3.